The summed E-state index contributed by atoms with van der Waals surface area (Å²) in [5, 5.41) is 13.6. The molecule has 2 aromatic rings. The van der Waals surface area contributed by atoms with Crippen LogP contribution in [0.25, 0.3) is 0 Å². The van der Waals surface area contributed by atoms with Crippen LogP contribution in [0.15, 0.2) is 47.1 Å². The van der Waals surface area contributed by atoms with Gasteiger partial charge in [-0.2, -0.15) is 0 Å². The van der Waals surface area contributed by atoms with Crippen molar-refractivity contribution in [3.05, 3.63) is 58.3 Å². The molecule has 1 aromatic heterocycles. The van der Waals surface area contributed by atoms with E-state index in [9.17, 15) is 5.11 Å². The van der Waals surface area contributed by atoms with Gasteiger partial charge in [-0.05, 0) is 66.0 Å². The maximum Gasteiger partial charge on any atom is 0.119 e. The van der Waals surface area contributed by atoms with Crippen molar-refractivity contribution in [2.75, 3.05) is 26.4 Å². The molecule has 0 spiro atoms. The van der Waals surface area contributed by atoms with E-state index in [1.54, 1.807) is 0 Å². The molecule has 1 aromatic carbocycles. The third-order valence-corrected chi connectivity index (χ3v) is 4.35. The highest BCUT2D eigenvalue weighted by atomic mass is 79.9. The fourth-order valence-electron chi connectivity index (χ4n) is 2.54. The molecule has 0 fully saturated rings. The number of nitrogens with zero attached hydrogens (tertiary/aromatic N) is 1. The Morgan fingerprint density at radius 3 is 2.62 bits per heavy atom. The third kappa shape index (κ3) is 7.41. The van der Waals surface area contributed by atoms with Crippen LogP contribution in [0.2, 0.25) is 0 Å². The lowest BCUT2D eigenvalue weighted by atomic mass is 10.1. The minimum atomic E-state index is -0.629. The van der Waals surface area contributed by atoms with Gasteiger partial charge in [0.2, 0.25) is 0 Å². The van der Waals surface area contributed by atoms with Crippen molar-refractivity contribution in [1.82, 2.24) is 10.3 Å². The first-order valence-electron chi connectivity index (χ1n) is 8.92. The van der Waals surface area contributed by atoms with E-state index >= 15 is 0 Å². The quantitative estimate of drug-likeness (QED) is 0.428. The van der Waals surface area contributed by atoms with Crippen molar-refractivity contribution >= 4 is 15.9 Å². The molecule has 5 nitrogen and oxygen atoms in total. The predicted octanol–water partition coefficient (Wildman–Crippen LogP) is 3.51. The second-order valence-electron chi connectivity index (χ2n) is 6.10. The van der Waals surface area contributed by atoms with Gasteiger partial charge in [0.25, 0.3) is 0 Å². The van der Waals surface area contributed by atoms with Gasteiger partial charge >= 0.3 is 0 Å². The van der Waals surface area contributed by atoms with Crippen molar-refractivity contribution in [3.8, 4) is 5.75 Å². The van der Waals surface area contributed by atoms with Crippen LogP contribution in [0, 0.1) is 0 Å². The Balaban J connectivity index is 1.74. The maximum atomic E-state index is 10.2. The normalized spacial score (nSPS) is 13.4. The number of nitrogens with one attached hydrogen (secondary N) is 1. The van der Waals surface area contributed by atoms with E-state index in [1.165, 1.54) is 5.56 Å². The SMILES string of the molecule is CCOCCOc1ccc(C[C@@H](C)NCC(O)c2cccc(Br)n2)cc1. The number of aromatic nitrogens is 1. The van der Waals surface area contributed by atoms with Crippen molar-refractivity contribution in [3.63, 3.8) is 0 Å². The average molecular weight is 423 g/mol. The molecule has 2 atom stereocenters. The van der Waals surface area contributed by atoms with Gasteiger partial charge < -0.3 is 19.9 Å². The number of aliphatic hydroxyl groups excluding tert-OH is 1. The molecule has 6 heteroatoms. The standard InChI is InChI=1S/C20H27BrN2O3/c1-3-25-11-12-26-17-9-7-16(8-10-17)13-15(2)22-14-19(24)18-5-4-6-20(21)23-18/h4-10,15,19,22,24H,3,11-14H2,1-2H3/t15-,19?/m1/s1. The topological polar surface area (TPSA) is 63.6 Å². The summed E-state index contributed by atoms with van der Waals surface area (Å²) in [4.78, 5) is 4.28. The lowest BCUT2D eigenvalue weighted by Crippen LogP contribution is -2.32. The average Bonchev–Trinajstić information content (AvgIpc) is 2.64. The highest BCUT2D eigenvalue weighted by Crippen LogP contribution is 2.15. The zero-order valence-electron chi connectivity index (χ0n) is 15.3. The Hall–Kier alpha value is -1.47. The van der Waals surface area contributed by atoms with Crippen LogP contribution >= 0.6 is 15.9 Å². The summed E-state index contributed by atoms with van der Waals surface area (Å²) in [5.74, 6) is 0.852. The Bertz CT molecular complexity index is 652. The molecule has 26 heavy (non-hydrogen) atoms. The van der Waals surface area contributed by atoms with Gasteiger partial charge in [-0.25, -0.2) is 4.98 Å². The third-order valence-electron chi connectivity index (χ3n) is 3.90. The lowest BCUT2D eigenvalue weighted by molar-refractivity contribution is 0.110. The molecular formula is C20H27BrN2O3. The van der Waals surface area contributed by atoms with E-state index in [0.29, 0.717) is 32.1 Å². The van der Waals surface area contributed by atoms with Gasteiger partial charge in [0.05, 0.1) is 12.3 Å². The number of halogens is 1. The van der Waals surface area contributed by atoms with Crippen LogP contribution in [-0.2, 0) is 11.2 Å². The van der Waals surface area contributed by atoms with Gasteiger partial charge in [0, 0.05) is 19.2 Å². The number of hydrogen-bond donors (Lipinski definition) is 2. The summed E-state index contributed by atoms with van der Waals surface area (Å²) < 4.78 is 11.6. The summed E-state index contributed by atoms with van der Waals surface area (Å²) in [7, 11) is 0. The van der Waals surface area contributed by atoms with Crippen molar-refractivity contribution in [1.29, 1.82) is 0 Å². The number of ether oxygens (including phenoxy) is 2. The zero-order valence-corrected chi connectivity index (χ0v) is 16.9. The molecule has 0 aliphatic heterocycles. The molecule has 0 aliphatic rings. The Morgan fingerprint density at radius 1 is 1.15 bits per heavy atom. The van der Waals surface area contributed by atoms with Crippen LogP contribution in [0.3, 0.4) is 0 Å². The van der Waals surface area contributed by atoms with Crippen molar-refractivity contribution < 1.29 is 14.6 Å². The fourth-order valence-corrected chi connectivity index (χ4v) is 2.89. The Morgan fingerprint density at radius 2 is 1.92 bits per heavy atom. The van der Waals surface area contributed by atoms with Gasteiger partial charge in [-0.3, -0.25) is 0 Å². The molecule has 0 radical (unpaired) electrons. The smallest absolute Gasteiger partial charge is 0.119 e. The van der Waals surface area contributed by atoms with Crippen LogP contribution < -0.4 is 10.1 Å². The first kappa shape index (κ1) is 20.8. The number of hydrogen-bond acceptors (Lipinski definition) is 5. The van der Waals surface area contributed by atoms with E-state index in [2.05, 4.69) is 45.3 Å². The van der Waals surface area contributed by atoms with Crippen LogP contribution in [0.5, 0.6) is 5.75 Å². The molecule has 0 amide bonds. The van der Waals surface area contributed by atoms with Gasteiger partial charge in [-0.1, -0.05) is 18.2 Å². The van der Waals surface area contributed by atoms with Crippen molar-refractivity contribution in [2.45, 2.75) is 32.4 Å². The predicted molar refractivity (Wildman–Crippen MR) is 106 cm³/mol. The minimum Gasteiger partial charge on any atom is -0.491 e. The van der Waals surface area contributed by atoms with Crippen LogP contribution in [-0.4, -0.2) is 42.5 Å². The van der Waals surface area contributed by atoms with Crippen LogP contribution in [0.4, 0.5) is 0 Å². The fraction of sp³-hybridized carbons (Fsp3) is 0.450. The summed E-state index contributed by atoms with van der Waals surface area (Å²) in [6, 6.07) is 13.9. The number of benzene rings is 1. The van der Waals surface area contributed by atoms with Gasteiger partial charge in [0.1, 0.15) is 23.1 Å². The highest BCUT2D eigenvalue weighted by molar-refractivity contribution is 9.10. The molecule has 2 rings (SSSR count). The van der Waals surface area contributed by atoms with E-state index in [0.717, 1.165) is 16.8 Å². The van der Waals surface area contributed by atoms with E-state index in [1.807, 2.05) is 37.3 Å². The summed E-state index contributed by atoms with van der Waals surface area (Å²) in [6.07, 6.45) is 0.244. The molecule has 142 valence electrons. The molecular weight excluding hydrogens is 396 g/mol. The zero-order chi connectivity index (χ0) is 18.8. The Labute approximate surface area is 163 Å². The molecule has 0 saturated carbocycles. The van der Waals surface area contributed by atoms with E-state index < -0.39 is 6.10 Å². The van der Waals surface area contributed by atoms with Gasteiger partial charge in [-0.15, -0.1) is 0 Å². The van der Waals surface area contributed by atoms with Crippen molar-refractivity contribution in [2.24, 2.45) is 0 Å². The van der Waals surface area contributed by atoms with Gasteiger partial charge in [0.15, 0.2) is 0 Å². The highest BCUT2D eigenvalue weighted by Gasteiger charge is 2.11. The van der Waals surface area contributed by atoms with E-state index in [-0.39, 0.29) is 6.04 Å². The second-order valence-corrected chi connectivity index (χ2v) is 6.92. The first-order chi connectivity index (χ1) is 12.6. The molecule has 0 saturated heterocycles. The maximum absolute atomic E-state index is 10.2. The molecule has 1 heterocycles. The van der Waals surface area contributed by atoms with Crippen LogP contribution in [0.1, 0.15) is 31.2 Å². The summed E-state index contributed by atoms with van der Waals surface area (Å²) in [5.41, 5.74) is 1.88. The largest absolute Gasteiger partial charge is 0.491 e. The molecule has 2 N–H and O–H groups in total. The number of rotatable bonds is 11. The monoisotopic (exact) mass is 422 g/mol. The molecule has 1 unspecified atom stereocenters. The summed E-state index contributed by atoms with van der Waals surface area (Å²) in [6.45, 7) is 6.41. The molecule has 0 bridgehead atoms. The molecule has 0 aliphatic carbocycles. The number of pyridine rings is 1. The van der Waals surface area contributed by atoms with E-state index in [4.69, 9.17) is 9.47 Å². The second kappa shape index (κ2) is 11.3. The minimum absolute atomic E-state index is 0.238. The number of aliphatic hydroxyl groups is 1. The lowest BCUT2D eigenvalue weighted by Gasteiger charge is -2.17. The Kier molecular flexibility index (Phi) is 9.05. The first-order valence-corrected chi connectivity index (χ1v) is 9.71. The summed E-state index contributed by atoms with van der Waals surface area (Å²) >= 11 is 3.32.